The molecule has 1 heterocycles. The second-order valence-corrected chi connectivity index (χ2v) is 6.00. The van der Waals surface area contributed by atoms with Crippen LogP contribution in [0.3, 0.4) is 0 Å². The summed E-state index contributed by atoms with van der Waals surface area (Å²) in [5.74, 6) is 0.207. The van der Waals surface area contributed by atoms with Crippen LogP contribution in [-0.2, 0) is 0 Å². The first-order chi connectivity index (χ1) is 13.3. The predicted molar refractivity (Wildman–Crippen MR) is 107 cm³/mol. The average Bonchev–Trinajstić information content (AvgIpc) is 2.75. The molecule has 0 atom stereocenters. The van der Waals surface area contributed by atoms with Crippen molar-refractivity contribution in [2.75, 3.05) is 5.32 Å². The maximum atomic E-state index is 12.4. The highest BCUT2D eigenvalue weighted by Gasteiger charge is 2.13. The van der Waals surface area contributed by atoms with Gasteiger partial charge in [0.1, 0.15) is 0 Å². The van der Waals surface area contributed by atoms with Gasteiger partial charge in [0.25, 0.3) is 5.91 Å². The van der Waals surface area contributed by atoms with Gasteiger partial charge in [-0.3, -0.25) is 9.78 Å². The molecule has 1 aromatic heterocycles. The van der Waals surface area contributed by atoms with Crippen molar-refractivity contribution in [3.8, 4) is 22.5 Å². The van der Waals surface area contributed by atoms with E-state index in [0.29, 0.717) is 11.4 Å². The SMILES string of the molecule is O=C(Nc1cnc(-c2ccccc2)c(-c2ccccc2)n1)c1ccccc1. The van der Waals surface area contributed by atoms with Crippen molar-refractivity contribution < 1.29 is 4.79 Å². The Hall–Kier alpha value is -3.79. The van der Waals surface area contributed by atoms with E-state index in [1.807, 2.05) is 78.9 Å². The minimum atomic E-state index is -0.212. The van der Waals surface area contributed by atoms with Crippen LogP contribution in [-0.4, -0.2) is 15.9 Å². The number of rotatable bonds is 4. The summed E-state index contributed by atoms with van der Waals surface area (Å²) in [6.45, 7) is 0. The summed E-state index contributed by atoms with van der Waals surface area (Å²) in [5.41, 5.74) is 4.00. The number of benzene rings is 3. The maximum Gasteiger partial charge on any atom is 0.256 e. The fourth-order valence-electron chi connectivity index (χ4n) is 2.83. The van der Waals surface area contributed by atoms with E-state index in [0.717, 1.165) is 22.5 Å². The Kier molecular flexibility index (Phi) is 4.70. The zero-order valence-corrected chi connectivity index (χ0v) is 14.5. The van der Waals surface area contributed by atoms with Gasteiger partial charge in [0, 0.05) is 16.7 Å². The number of carbonyl (C=O) groups excluding carboxylic acids is 1. The van der Waals surface area contributed by atoms with E-state index in [1.165, 1.54) is 0 Å². The van der Waals surface area contributed by atoms with Gasteiger partial charge in [0.15, 0.2) is 5.82 Å². The molecule has 0 aliphatic carbocycles. The van der Waals surface area contributed by atoms with Crippen molar-refractivity contribution >= 4 is 11.7 Å². The number of aromatic nitrogens is 2. The number of amides is 1. The van der Waals surface area contributed by atoms with Crippen LogP contribution in [0.25, 0.3) is 22.5 Å². The standard InChI is InChI=1S/C23H17N3O/c27-23(19-14-8-3-9-15-19)26-20-16-24-21(17-10-4-1-5-11-17)22(25-20)18-12-6-2-7-13-18/h1-16H,(H,25,26,27). The monoisotopic (exact) mass is 351 g/mol. The number of nitrogens with zero attached hydrogens (tertiary/aromatic N) is 2. The average molecular weight is 351 g/mol. The van der Waals surface area contributed by atoms with E-state index in [9.17, 15) is 4.79 Å². The number of hydrogen-bond acceptors (Lipinski definition) is 3. The van der Waals surface area contributed by atoms with Crippen LogP contribution in [0.15, 0.2) is 97.2 Å². The molecule has 0 fully saturated rings. The zero-order chi connectivity index (χ0) is 18.5. The highest BCUT2D eigenvalue weighted by Crippen LogP contribution is 2.29. The Morgan fingerprint density at radius 2 is 1.19 bits per heavy atom. The first-order valence-corrected chi connectivity index (χ1v) is 8.65. The summed E-state index contributed by atoms with van der Waals surface area (Å²) in [6.07, 6.45) is 1.59. The summed E-state index contributed by atoms with van der Waals surface area (Å²) in [6, 6.07) is 28.8. The highest BCUT2D eigenvalue weighted by molar-refractivity contribution is 6.03. The quantitative estimate of drug-likeness (QED) is 0.559. The van der Waals surface area contributed by atoms with Crippen LogP contribution in [0, 0.1) is 0 Å². The van der Waals surface area contributed by atoms with Gasteiger partial charge in [0.2, 0.25) is 0 Å². The fourth-order valence-corrected chi connectivity index (χ4v) is 2.83. The van der Waals surface area contributed by atoms with E-state index in [1.54, 1.807) is 18.3 Å². The van der Waals surface area contributed by atoms with E-state index in [-0.39, 0.29) is 5.91 Å². The van der Waals surface area contributed by atoms with Crippen molar-refractivity contribution in [1.29, 1.82) is 0 Å². The van der Waals surface area contributed by atoms with Crippen LogP contribution in [0.4, 0.5) is 5.82 Å². The fraction of sp³-hybridized carbons (Fsp3) is 0. The topological polar surface area (TPSA) is 54.9 Å². The lowest BCUT2D eigenvalue weighted by Gasteiger charge is -2.11. The van der Waals surface area contributed by atoms with Crippen molar-refractivity contribution in [3.63, 3.8) is 0 Å². The van der Waals surface area contributed by atoms with Crippen LogP contribution >= 0.6 is 0 Å². The molecule has 1 amide bonds. The van der Waals surface area contributed by atoms with Crippen molar-refractivity contribution in [2.24, 2.45) is 0 Å². The normalized spacial score (nSPS) is 10.4. The van der Waals surface area contributed by atoms with Gasteiger partial charge in [-0.25, -0.2) is 4.98 Å². The second-order valence-electron chi connectivity index (χ2n) is 6.00. The minimum Gasteiger partial charge on any atom is -0.305 e. The highest BCUT2D eigenvalue weighted by atomic mass is 16.1. The molecule has 4 aromatic rings. The van der Waals surface area contributed by atoms with E-state index in [2.05, 4.69) is 10.3 Å². The molecule has 4 rings (SSSR count). The largest absolute Gasteiger partial charge is 0.305 e. The third-order valence-electron chi connectivity index (χ3n) is 4.14. The Morgan fingerprint density at radius 1 is 0.667 bits per heavy atom. The van der Waals surface area contributed by atoms with Crippen molar-refractivity contribution in [1.82, 2.24) is 9.97 Å². The molecule has 27 heavy (non-hydrogen) atoms. The number of nitrogens with one attached hydrogen (secondary N) is 1. The van der Waals surface area contributed by atoms with Gasteiger partial charge in [-0.1, -0.05) is 78.9 Å². The first-order valence-electron chi connectivity index (χ1n) is 8.65. The van der Waals surface area contributed by atoms with Gasteiger partial charge in [-0.15, -0.1) is 0 Å². The molecular weight excluding hydrogens is 334 g/mol. The number of anilines is 1. The molecule has 130 valence electrons. The molecule has 0 saturated carbocycles. The third-order valence-corrected chi connectivity index (χ3v) is 4.14. The van der Waals surface area contributed by atoms with Gasteiger partial charge in [-0.2, -0.15) is 0 Å². The van der Waals surface area contributed by atoms with Crippen LogP contribution in [0.5, 0.6) is 0 Å². The Balaban J connectivity index is 1.74. The van der Waals surface area contributed by atoms with E-state index in [4.69, 9.17) is 4.98 Å². The zero-order valence-electron chi connectivity index (χ0n) is 14.5. The maximum absolute atomic E-state index is 12.4. The summed E-state index contributed by atoms with van der Waals surface area (Å²) >= 11 is 0. The Morgan fingerprint density at radius 3 is 1.78 bits per heavy atom. The summed E-state index contributed by atoms with van der Waals surface area (Å²) < 4.78 is 0. The second kappa shape index (κ2) is 7.62. The molecule has 0 saturated heterocycles. The molecule has 0 aliphatic rings. The van der Waals surface area contributed by atoms with Gasteiger partial charge < -0.3 is 5.32 Å². The lowest BCUT2D eigenvalue weighted by atomic mass is 10.0. The van der Waals surface area contributed by atoms with Crippen LogP contribution in [0.1, 0.15) is 10.4 Å². The molecule has 1 N–H and O–H groups in total. The summed E-state index contributed by atoms with van der Waals surface area (Å²) in [4.78, 5) is 21.7. The van der Waals surface area contributed by atoms with Crippen molar-refractivity contribution in [3.05, 3.63) is 103 Å². The molecule has 0 radical (unpaired) electrons. The Labute approximate surface area is 157 Å². The summed E-state index contributed by atoms with van der Waals surface area (Å²) in [5, 5.41) is 2.83. The molecule has 4 nitrogen and oxygen atoms in total. The van der Waals surface area contributed by atoms with E-state index >= 15 is 0 Å². The molecular formula is C23H17N3O. The van der Waals surface area contributed by atoms with E-state index < -0.39 is 0 Å². The van der Waals surface area contributed by atoms with Gasteiger partial charge in [-0.05, 0) is 12.1 Å². The third kappa shape index (κ3) is 3.75. The lowest BCUT2D eigenvalue weighted by molar-refractivity contribution is 0.102. The van der Waals surface area contributed by atoms with Gasteiger partial charge in [0.05, 0.1) is 17.6 Å². The predicted octanol–water partition coefficient (Wildman–Crippen LogP) is 5.06. The smallest absolute Gasteiger partial charge is 0.256 e. The van der Waals surface area contributed by atoms with Crippen LogP contribution < -0.4 is 5.32 Å². The van der Waals surface area contributed by atoms with Crippen molar-refractivity contribution in [2.45, 2.75) is 0 Å². The van der Waals surface area contributed by atoms with Gasteiger partial charge >= 0.3 is 0 Å². The summed E-state index contributed by atoms with van der Waals surface area (Å²) in [7, 11) is 0. The molecule has 0 unspecified atom stereocenters. The molecule has 0 spiro atoms. The number of hydrogen-bond donors (Lipinski definition) is 1. The minimum absolute atomic E-state index is 0.212. The van der Waals surface area contributed by atoms with Crippen LogP contribution in [0.2, 0.25) is 0 Å². The molecule has 4 heteroatoms. The molecule has 3 aromatic carbocycles. The number of carbonyl (C=O) groups is 1. The Bertz CT molecular complexity index is 1050. The molecule has 0 aliphatic heterocycles. The molecule has 0 bridgehead atoms. The lowest BCUT2D eigenvalue weighted by Crippen LogP contribution is -2.13. The first kappa shape index (κ1) is 16.7.